The number of amides is 1. The summed E-state index contributed by atoms with van der Waals surface area (Å²) in [4.78, 5) is 41.4. The molecule has 0 saturated carbocycles. The molecule has 11 nitrogen and oxygen atoms in total. The highest BCUT2D eigenvalue weighted by molar-refractivity contribution is 6.06. The van der Waals surface area contributed by atoms with E-state index in [1.807, 2.05) is 16.9 Å². The smallest absolute Gasteiger partial charge is 0.340 e. The van der Waals surface area contributed by atoms with Gasteiger partial charge in [0.05, 0.1) is 41.6 Å². The number of aromatic nitrogens is 5. The fraction of sp³-hybridized carbons (Fsp3) is 0.419. The molecule has 2 fully saturated rings. The van der Waals surface area contributed by atoms with Gasteiger partial charge in [-0.1, -0.05) is 0 Å². The number of nitrogens with zero attached hydrogens (tertiary/aromatic N) is 7. The molecule has 2 aliphatic heterocycles. The van der Waals surface area contributed by atoms with Gasteiger partial charge in [-0.05, 0) is 45.7 Å². The van der Waals surface area contributed by atoms with Crippen molar-refractivity contribution in [1.29, 1.82) is 5.26 Å². The van der Waals surface area contributed by atoms with E-state index in [-0.39, 0.29) is 35.7 Å². The summed E-state index contributed by atoms with van der Waals surface area (Å²) in [5.74, 6) is -1.33. The van der Waals surface area contributed by atoms with Crippen LogP contribution in [0.4, 0.5) is 4.39 Å². The lowest BCUT2D eigenvalue weighted by Gasteiger charge is -2.53. The van der Waals surface area contributed by atoms with E-state index >= 15 is 0 Å². The maximum Gasteiger partial charge on any atom is 0.340 e. The predicted molar refractivity (Wildman–Crippen MR) is 156 cm³/mol. The molecule has 6 rings (SSSR count). The number of halogens is 1. The molecule has 12 heteroatoms. The Morgan fingerprint density at radius 2 is 1.95 bits per heavy atom. The highest BCUT2D eigenvalue weighted by atomic mass is 19.1. The number of nitrogens with one attached hydrogen (secondary N) is 1. The molecule has 4 aromatic heterocycles. The van der Waals surface area contributed by atoms with E-state index in [0.717, 1.165) is 23.8 Å². The predicted octanol–water partition coefficient (Wildman–Crippen LogP) is 4.06. The number of piperidine rings is 1. The van der Waals surface area contributed by atoms with Crippen LogP contribution in [0.2, 0.25) is 0 Å². The summed E-state index contributed by atoms with van der Waals surface area (Å²) in [6.45, 7) is 7.48. The van der Waals surface area contributed by atoms with Gasteiger partial charge >= 0.3 is 5.97 Å². The van der Waals surface area contributed by atoms with E-state index in [1.165, 1.54) is 18.5 Å². The van der Waals surface area contributed by atoms with Crippen LogP contribution < -0.4 is 0 Å². The molecule has 0 radical (unpaired) electrons. The topological polar surface area (TPSA) is 133 Å². The van der Waals surface area contributed by atoms with Crippen molar-refractivity contribution in [2.75, 3.05) is 26.2 Å². The van der Waals surface area contributed by atoms with Gasteiger partial charge < -0.3 is 14.6 Å². The zero-order valence-corrected chi connectivity index (χ0v) is 24.4. The number of aromatic amines is 1. The first-order chi connectivity index (χ1) is 20.7. The summed E-state index contributed by atoms with van der Waals surface area (Å²) in [5.41, 5.74) is 2.19. The molecule has 1 N–H and O–H groups in total. The van der Waals surface area contributed by atoms with Crippen LogP contribution >= 0.6 is 0 Å². The Labute approximate surface area is 248 Å². The molecule has 2 saturated heterocycles. The molecule has 0 bridgehead atoms. The van der Waals surface area contributed by atoms with Crippen molar-refractivity contribution in [3.05, 3.63) is 65.8 Å². The number of likely N-dealkylation sites (tertiary alicyclic amines) is 2. The third kappa shape index (κ3) is 5.14. The number of fused-ring (bicyclic) bond motifs is 1. The van der Waals surface area contributed by atoms with Gasteiger partial charge in [-0.15, -0.1) is 0 Å². The molecule has 0 spiro atoms. The first-order valence-electron chi connectivity index (χ1n) is 14.4. The molecule has 2 aliphatic rings. The number of rotatable bonds is 7. The van der Waals surface area contributed by atoms with Crippen LogP contribution in [0.15, 0.2) is 43.1 Å². The monoisotopic (exact) mass is 584 g/mol. The van der Waals surface area contributed by atoms with Gasteiger partial charge in [0.2, 0.25) is 0 Å². The molecule has 0 unspecified atom stereocenters. The lowest BCUT2D eigenvalue weighted by Crippen LogP contribution is -2.66. The van der Waals surface area contributed by atoms with Crippen LogP contribution in [-0.2, 0) is 10.3 Å². The third-order valence-electron chi connectivity index (χ3n) is 8.47. The molecule has 6 heterocycles. The van der Waals surface area contributed by atoms with Gasteiger partial charge in [-0.25, -0.2) is 14.2 Å². The standard InChI is InChI=1S/C31H33FN8O3/c1-19(2)43-30(42)25-15-36-28-23(4-11-35-28)26(25)21-14-37-40(16-21)31(8-9-33)17-39(18-31)22-6-12-38(13-7-22)29(41)24-5-10-34-20(3)27(24)32/h4-5,10-11,14-16,19,22H,6-8,12-13,17-18H2,1-3H3,(H,35,36). The van der Waals surface area contributed by atoms with Crippen LogP contribution in [0, 0.1) is 24.1 Å². The van der Waals surface area contributed by atoms with Crippen molar-refractivity contribution < 1.29 is 18.7 Å². The zero-order valence-electron chi connectivity index (χ0n) is 24.4. The summed E-state index contributed by atoms with van der Waals surface area (Å²) in [6, 6.07) is 5.89. The van der Waals surface area contributed by atoms with Gasteiger partial charge in [-0.3, -0.25) is 19.4 Å². The Morgan fingerprint density at radius 1 is 1.19 bits per heavy atom. The van der Waals surface area contributed by atoms with Gasteiger partial charge in [0.25, 0.3) is 5.91 Å². The van der Waals surface area contributed by atoms with Gasteiger partial charge in [0, 0.05) is 73.5 Å². The molecule has 0 aliphatic carbocycles. The molecule has 4 aromatic rings. The number of hydrogen-bond acceptors (Lipinski definition) is 8. The molecule has 0 atom stereocenters. The maximum absolute atomic E-state index is 14.5. The molecule has 43 heavy (non-hydrogen) atoms. The van der Waals surface area contributed by atoms with E-state index < -0.39 is 17.3 Å². The Balaban J connectivity index is 1.18. The van der Waals surface area contributed by atoms with Crippen LogP contribution in [0.1, 0.15) is 59.5 Å². The van der Waals surface area contributed by atoms with Gasteiger partial charge in [0.15, 0.2) is 5.82 Å². The van der Waals surface area contributed by atoms with Crippen molar-refractivity contribution in [1.82, 2.24) is 34.5 Å². The van der Waals surface area contributed by atoms with Gasteiger partial charge in [-0.2, -0.15) is 10.4 Å². The van der Waals surface area contributed by atoms with E-state index in [1.54, 1.807) is 38.1 Å². The third-order valence-corrected chi connectivity index (χ3v) is 8.47. The van der Waals surface area contributed by atoms with Crippen LogP contribution in [0.25, 0.3) is 22.2 Å². The van der Waals surface area contributed by atoms with E-state index in [4.69, 9.17) is 4.74 Å². The second-order valence-corrected chi connectivity index (χ2v) is 11.7. The fourth-order valence-electron chi connectivity index (χ4n) is 6.23. The van der Waals surface area contributed by atoms with Crippen LogP contribution in [0.3, 0.4) is 0 Å². The molecular weight excluding hydrogens is 551 g/mol. The number of ether oxygens (including phenoxy) is 1. The summed E-state index contributed by atoms with van der Waals surface area (Å²) in [7, 11) is 0. The number of carbonyl (C=O) groups excluding carboxylic acids is 2. The number of nitriles is 1. The number of aryl methyl sites for hydroxylation is 1. The van der Waals surface area contributed by atoms with Crippen molar-refractivity contribution in [2.45, 2.75) is 57.7 Å². The number of hydrogen-bond donors (Lipinski definition) is 1. The van der Waals surface area contributed by atoms with Crippen molar-refractivity contribution in [3.63, 3.8) is 0 Å². The zero-order chi connectivity index (χ0) is 30.3. The van der Waals surface area contributed by atoms with Crippen molar-refractivity contribution >= 4 is 22.9 Å². The summed E-state index contributed by atoms with van der Waals surface area (Å²) >= 11 is 0. The largest absolute Gasteiger partial charge is 0.459 e. The minimum Gasteiger partial charge on any atom is -0.459 e. The molecule has 1 amide bonds. The van der Waals surface area contributed by atoms with E-state index in [9.17, 15) is 19.2 Å². The minimum atomic E-state index is -0.565. The maximum atomic E-state index is 14.5. The van der Waals surface area contributed by atoms with Gasteiger partial charge in [0.1, 0.15) is 11.2 Å². The summed E-state index contributed by atoms with van der Waals surface area (Å²) in [5, 5.41) is 15.2. The number of esters is 1. The highest BCUT2D eigenvalue weighted by Crippen LogP contribution is 2.38. The molecule has 0 aromatic carbocycles. The van der Waals surface area contributed by atoms with E-state index in [2.05, 4.69) is 31.0 Å². The summed E-state index contributed by atoms with van der Waals surface area (Å²) in [6.07, 6.45) is 9.89. The second-order valence-electron chi connectivity index (χ2n) is 11.7. The average Bonchev–Trinajstić information content (AvgIpc) is 3.65. The summed E-state index contributed by atoms with van der Waals surface area (Å²) < 4.78 is 21.8. The Kier molecular flexibility index (Phi) is 7.43. The van der Waals surface area contributed by atoms with Crippen molar-refractivity contribution in [2.24, 2.45) is 0 Å². The highest BCUT2D eigenvalue weighted by Gasteiger charge is 2.48. The van der Waals surface area contributed by atoms with Crippen LogP contribution in [0.5, 0.6) is 0 Å². The Bertz CT molecular complexity index is 1720. The number of carbonyl (C=O) groups is 2. The SMILES string of the molecule is Cc1nccc(C(=O)N2CCC(N3CC(CC#N)(n4cc(-c5c(C(=O)OC(C)C)cnc6[nH]ccc56)cn4)C3)CC2)c1F. The average molecular weight is 585 g/mol. The minimum absolute atomic E-state index is 0.0594. The van der Waals surface area contributed by atoms with Crippen LogP contribution in [-0.4, -0.2) is 84.7 Å². The van der Waals surface area contributed by atoms with E-state index in [0.29, 0.717) is 43.0 Å². The number of H-pyrrole nitrogens is 1. The molecule has 222 valence electrons. The van der Waals surface area contributed by atoms with Crippen molar-refractivity contribution in [3.8, 4) is 17.2 Å². The second kappa shape index (κ2) is 11.2. The lowest BCUT2D eigenvalue weighted by molar-refractivity contribution is -0.0412. The first-order valence-corrected chi connectivity index (χ1v) is 14.4. The quantitative estimate of drug-likeness (QED) is 0.322. The molecular formula is C31H33FN8O3. The normalized spacial score (nSPS) is 17.2. The Hall–Kier alpha value is -4.63. The lowest BCUT2D eigenvalue weighted by atomic mass is 9.83. The Morgan fingerprint density at radius 3 is 2.67 bits per heavy atom. The number of pyridine rings is 2. The fourth-order valence-corrected chi connectivity index (χ4v) is 6.23. The first kappa shape index (κ1) is 28.5.